The molecule has 11 heteroatoms. The zero-order valence-corrected chi connectivity index (χ0v) is 19.4. The minimum absolute atomic E-state index is 0.113. The fourth-order valence-corrected chi connectivity index (χ4v) is 4.50. The number of carbonyl (C=O) groups excluding carboxylic acids is 1. The van der Waals surface area contributed by atoms with Crippen LogP contribution in [0.3, 0.4) is 0 Å². The molecule has 0 saturated carbocycles. The molecule has 1 aliphatic carbocycles. The van der Waals surface area contributed by atoms with E-state index in [1.807, 2.05) is 0 Å². The third-order valence-electron chi connectivity index (χ3n) is 5.09. The lowest BCUT2D eigenvalue weighted by Gasteiger charge is -2.24. The van der Waals surface area contributed by atoms with E-state index in [1.165, 1.54) is 12.1 Å². The molecule has 3 rings (SSSR count). The van der Waals surface area contributed by atoms with E-state index in [1.54, 1.807) is 38.1 Å². The molecule has 0 saturated heterocycles. The van der Waals surface area contributed by atoms with Crippen LogP contribution in [0.5, 0.6) is 0 Å². The number of allylic oxidation sites excluding steroid dienone is 2. The minimum Gasteiger partial charge on any atom is -0.386 e. The van der Waals surface area contributed by atoms with Gasteiger partial charge in [0.1, 0.15) is 16.6 Å². The molecule has 2 aromatic heterocycles. The van der Waals surface area contributed by atoms with E-state index in [9.17, 15) is 27.5 Å². The van der Waals surface area contributed by atoms with Gasteiger partial charge in [-0.3, -0.25) is 4.79 Å². The maximum atomic E-state index is 14.8. The van der Waals surface area contributed by atoms with Gasteiger partial charge in [-0.25, -0.2) is 9.37 Å². The van der Waals surface area contributed by atoms with Gasteiger partial charge in [0.2, 0.25) is 0 Å². The van der Waals surface area contributed by atoms with Crippen molar-refractivity contribution in [2.24, 2.45) is 5.73 Å². The molecular weight excluding hydrogens is 474 g/mol. The van der Waals surface area contributed by atoms with Gasteiger partial charge in [0.05, 0.1) is 36.5 Å². The first-order valence-corrected chi connectivity index (χ1v) is 11.3. The fourth-order valence-electron chi connectivity index (χ4n) is 3.31. The van der Waals surface area contributed by atoms with E-state index in [2.05, 4.69) is 10.3 Å². The fraction of sp³-hybridized carbons (Fsp3) is 0.391. The molecular formula is C23H25F4N3O3S. The molecule has 0 fully saturated rings. The van der Waals surface area contributed by atoms with Gasteiger partial charge in [0, 0.05) is 10.8 Å². The second-order valence-corrected chi connectivity index (χ2v) is 9.43. The SMILES string of the molecule is CC(C)(O)C1=CCC(c2cc(C(N)=O)c(Nc3cccc(COCCC(F)(F)F)n3)s2)C(F)=C1. The second kappa shape index (κ2) is 10.2. The number of nitrogens with one attached hydrogen (secondary N) is 1. The number of carbonyl (C=O) groups is 1. The normalized spacial score (nSPS) is 16.7. The Morgan fingerprint density at radius 2 is 2.09 bits per heavy atom. The van der Waals surface area contributed by atoms with Gasteiger partial charge < -0.3 is 20.9 Å². The molecule has 0 aromatic carbocycles. The summed E-state index contributed by atoms with van der Waals surface area (Å²) in [5.74, 6) is -1.42. The average Bonchev–Trinajstić information content (AvgIpc) is 3.14. The number of rotatable bonds is 9. The summed E-state index contributed by atoms with van der Waals surface area (Å²) in [6.07, 6.45) is -1.98. The second-order valence-electron chi connectivity index (χ2n) is 8.35. The largest absolute Gasteiger partial charge is 0.391 e. The lowest BCUT2D eigenvalue weighted by Crippen LogP contribution is -2.22. The molecule has 2 heterocycles. The van der Waals surface area contributed by atoms with E-state index in [-0.39, 0.29) is 12.2 Å². The number of primary amides is 1. The van der Waals surface area contributed by atoms with E-state index in [0.29, 0.717) is 33.4 Å². The van der Waals surface area contributed by atoms with Crippen molar-refractivity contribution in [2.75, 3.05) is 11.9 Å². The number of halogens is 4. The summed E-state index contributed by atoms with van der Waals surface area (Å²) >= 11 is 1.15. The lowest BCUT2D eigenvalue weighted by molar-refractivity contribution is -0.146. The highest BCUT2D eigenvalue weighted by atomic mass is 32.1. The average molecular weight is 500 g/mol. The van der Waals surface area contributed by atoms with Gasteiger partial charge in [-0.15, -0.1) is 11.3 Å². The van der Waals surface area contributed by atoms with Gasteiger partial charge in [0.25, 0.3) is 5.91 Å². The topological polar surface area (TPSA) is 97.5 Å². The molecule has 1 amide bonds. The first-order chi connectivity index (χ1) is 15.8. The minimum atomic E-state index is -4.29. The highest BCUT2D eigenvalue weighted by Gasteiger charge is 2.29. The maximum absolute atomic E-state index is 14.8. The number of ether oxygens (including phenoxy) is 1. The molecule has 0 bridgehead atoms. The maximum Gasteiger partial charge on any atom is 0.391 e. The van der Waals surface area contributed by atoms with E-state index in [0.717, 1.165) is 11.3 Å². The van der Waals surface area contributed by atoms with Crippen LogP contribution in [0.1, 0.15) is 53.5 Å². The monoisotopic (exact) mass is 499 g/mol. The zero-order chi connectivity index (χ0) is 25.1. The predicted molar refractivity (Wildman–Crippen MR) is 122 cm³/mol. The number of aromatic nitrogens is 1. The molecule has 4 N–H and O–H groups in total. The summed E-state index contributed by atoms with van der Waals surface area (Å²) in [7, 11) is 0. The van der Waals surface area contributed by atoms with Crippen molar-refractivity contribution in [1.29, 1.82) is 0 Å². The standard InChI is InChI=1S/C23H25F4N3O3S/c1-22(2,32)13-6-7-15(17(24)10-13)18-11-16(20(28)31)21(34-18)30-19-5-3-4-14(29-19)12-33-9-8-23(25,26)27/h3-6,10-11,15,32H,7-9,12H2,1-2H3,(H2,28,31)(H,29,30). The molecule has 6 nitrogen and oxygen atoms in total. The van der Waals surface area contributed by atoms with Crippen LogP contribution in [0.2, 0.25) is 0 Å². The number of pyridine rings is 1. The van der Waals surface area contributed by atoms with Crippen LogP contribution in [-0.2, 0) is 11.3 Å². The number of aliphatic hydroxyl groups is 1. The summed E-state index contributed by atoms with van der Waals surface area (Å²) in [6.45, 7) is 2.55. The Bertz CT molecular complexity index is 1100. The van der Waals surface area contributed by atoms with Crippen molar-refractivity contribution in [2.45, 2.75) is 51.0 Å². The molecule has 1 unspecified atom stereocenters. The van der Waals surface area contributed by atoms with Crippen molar-refractivity contribution in [1.82, 2.24) is 4.98 Å². The Labute approximate surface area is 198 Å². The van der Waals surface area contributed by atoms with Gasteiger partial charge >= 0.3 is 6.18 Å². The summed E-state index contributed by atoms with van der Waals surface area (Å²) in [5, 5.41) is 13.5. The molecule has 1 aliphatic rings. The molecule has 0 radical (unpaired) electrons. The highest BCUT2D eigenvalue weighted by Crippen LogP contribution is 2.42. The van der Waals surface area contributed by atoms with Crippen LogP contribution in [-0.4, -0.2) is 34.4 Å². The van der Waals surface area contributed by atoms with E-state index < -0.39 is 42.5 Å². The van der Waals surface area contributed by atoms with Crippen molar-refractivity contribution in [3.8, 4) is 0 Å². The summed E-state index contributed by atoms with van der Waals surface area (Å²) in [5.41, 5.74) is 5.38. The molecule has 0 spiro atoms. The van der Waals surface area contributed by atoms with E-state index in [4.69, 9.17) is 10.5 Å². The molecule has 0 aliphatic heterocycles. The predicted octanol–water partition coefficient (Wildman–Crippen LogP) is 5.49. The van der Waals surface area contributed by atoms with Crippen LogP contribution in [0, 0.1) is 0 Å². The van der Waals surface area contributed by atoms with Gasteiger partial charge in [-0.05, 0) is 50.1 Å². The Balaban J connectivity index is 1.74. The lowest BCUT2D eigenvalue weighted by atomic mass is 9.87. The number of thiophene rings is 1. The number of hydrogen-bond acceptors (Lipinski definition) is 6. The smallest absolute Gasteiger partial charge is 0.386 e. The Morgan fingerprint density at radius 3 is 2.71 bits per heavy atom. The molecule has 1 atom stereocenters. The van der Waals surface area contributed by atoms with Crippen molar-refractivity contribution >= 4 is 28.1 Å². The van der Waals surface area contributed by atoms with Gasteiger partial charge in [-0.2, -0.15) is 13.2 Å². The number of amides is 1. The third-order valence-corrected chi connectivity index (χ3v) is 6.26. The van der Waals surface area contributed by atoms with Gasteiger partial charge in [-0.1, -0.05) is 12.1 Å². The summed E-state index contributed by atoms with van der Waals surface area (Å²) < 4.78 is 56.6. The van der Waals surface area contributed by atoms with E-state index >= 15 is 0 Å². The number of nitrogens with two attached hydrogens (primary N) is 1. The number of anilines is 2. The van der Waals surface area contributed by atoms with Crippen molar-refractivity contribution in [3.63, 3.8) is 0 Å². The summed E-state index contributed by atoms with van der Waals surface area (Å²) in [4.78, 5) is 16.9. The first kappa shape index (κ1) is 25.9. The molecule has 2 aromatic rings. The number of hydrogen-bond donors (Lipinski definition) is 3. The zero-order valence-electron chi connectivity index (χ0n) is 18.6. The third kappa shape index (κ3) is 6.87. The molecule has 184 valence electrons. The highest BCUT2D eigenvalue weighted by molar-refractivity contribution is 7.16. The number of alkyl halides is 3. The van der Waals surface area contributed by atoms with Crippen molar-refractivity contribution in [3.05, 3.63) is 64.0 Å². The Hall–Kier alpha value is -2.76. The summed E-state index contributed by atoms with van der Waals surface area (Å²) in [6, 6.07) is 6.38. The van der Waals surface area contributed by atoms with Crippen molar-refractivity contribution < 1.29 is 32.2 Å². The first-order valence-electron chi connectivity index (χ1n) is 10.4. The molecule has 34 heavy (non-hydrogen) atoms. The van der Waals surface area contributed by atoms with Crippen LogP contribution < -0.4 is 11.1 Å². The number of nitrogens with zero attached hydrogens (tertiary/aromatic N) is 1. The quantitative estimate of drug-likeness (QED) is 0.313. The van der Waals surface area contributed by atoms with Gasteiger partial charge in [0.15, 0.2) is 0 Å². The van der Waals surface area contributed by atoms with Crippen LogP contribution >= 0.6 is 11.3 Å². The Kier molecular flexibility index (Phi) is 7.79. The van der Waals surface area contributed by atoms with Crippen LogP contribution in [0.4, 0.5) is 28.4 Å². The van der Waals surface area contributed by atoms with Crippen LogP contribution in [0.25, 0.3) is 0 Å². The Morgan fingerprint density at radius 1 is 1.35 bits per heavy atom. The van der Waals surface area contributed by atoms with Crippen LogP contribution in [0.15, 0.2) is 47.8 Å².